The first-order valence-corrected chi connectivity index (χ1v) is 13.4. The molecule has 3 aromatic rings. The lowest BCUT2D eigenvalue weighted by Crippen LogP contribution is -2.42. The van der Waals surface area contributed by atoms with Gasteiger partial charge >= 0.3 is 0 Å². The lowest BCUT2D eigenvalue weighted by molar-refractivity contribution is -0.140. The van der Waals surface area contributed by atoms with E-state index in [1.54, 1.807) is 54.6 Å². The number of benzene rings is 3. The number of carbonyl (C=O) groups excluding carboxylic acids is 2. The second-order valence-electron chi connectivity index (χ2n) is 9.64. The third kappa shape index (κ3) is 5.21. The molecule has 1 N–H and O–H groups in total. The molecule has 2 atom stereocenters. The van der Waals surface area contributed by atoms with Gasteiger partial charge in [-0.25, -0.2) is 4.39 Å². The molecule has 2 aliphatic rings. The Morgan fingerprint density at radius 3 is 2.13 bits per heavy atom. The van der Waals surface area contributed by atoms with Gasteiger partial charge in [-0.2, -0.15) is 0 Å². The largest absolute Gasteiger partial charge is 0.507 e. The van der Waals surface area contributed by atoms with Gasteiger partial charge in [0.15, 0.2) is 0 Å². The second kappa shape index (κ2) is 11.3. The Morgan fingerprint density at radius 2 is 1.50 bits per heavy atom. The molecule has 2 aliphatic heterocycles. The Morgan fingerprint density at radius 1 is 0.895 bits per heavy atom. The van der Waals surface area contributed by atoms with Crippen molar-refractivity contribution in [2.24, 2.45) is 0 Å². The molecule has 0 bridgehead atoms. The van der Waals surface area contributed by atoms with E-state index in [4.69, 9.17) is 23.2 Å². The van der Waals surface area contributed by atoms with Crippen molar-refractivity contribution in [3.63, 3.8) is 0 Å². The first-order chi connectivity index (χ1) is 18.3. The standard InChI is InChI=1S/C30H27Cl2FN2O3/c31-21-12-8-19(9-13-21)25(34-16-4-1-5-17-34)18-35-27(23-6-2-3-7-24(23)33)26(29(37)30(35)38)28(36)20-10-14-22(32)15-11-20/h2-3,6-15,25,27,36H,1,4-5,16-18H2/t25-,27-/m1/s1. The van der Waals surface area contributed by atoms with Crippen LogP contribution in [0.25, 0.3) is 5.76 Å². The summed E-state index contributed by atoms with van der Waals surface area (Å²) in [6.07, 6.45) is 3.18. The number of likely N-dealkylation sites (tertiary alicyclic amines) is 2. The molecule has 0 aliphatic carbocycles. The number of nitrogens with zero attached hydrogens (tertiary/aromatic N) is 2. The normalized spacial score (nSPS) is 20.6. The average molecular weight is 553 g/mol. The molecule has 0 radical (unpaired) electrons. The Labute approximate surface area is 231 Å². The lowest BCUT2D eigenvalue weighted by Gasteiger charge is -2.38. The van der Waals surface area contributed by atoms with Crippen LogP contribution in [0.3, 0.4) is 0 Å². The van der Waals surface area contributed by atoms with Crippen molar-refractivity contribution in [2.75, 3.05) is 19.6 Å². The Hall–Kier alpha value is -3.19. The summed E-state index contributed by atoms with van der Waals surface area (Å²) in [6.45, 7) is 1.82. The highest BCUT2D eigenvalue weighted by molar-refractivity contribution is 6.46. The van der Waals surface area contributed by atoms with Gasteiger partial charge in [-0.05, 0) is 74.0 Å². The zero-order chi connectivity index (χ0) is 26.8. The predicted molar refractivity (Wildman–Crippen MR) is 146 cm³/mol. The number of Topliss-reactive ketones (excluding diaryl/α,β-unsaturated/α-hetero) is 1. The van der Waals surface area contributed by atoms with Gasteiger partial charge in [0, 0.05) is 27.7 Å². The predicted octanol–water partition coefficient (Wildman–Crippen LogP) is 6.78. The Kier molecular flexibility index (Phi) is 7.84. The summed E-state index contributed by atoms with van der Waals surface area (Å²) in [6, 6.07) is 18.4. The van der Waals surface area contributed by atoms with E-state index in [0.717, 1.165) is 37.9 Å². The first kappa shape index (κ1) is 26.4. The van der Waals surface area contributed by atoms with Gasteiger partial charge in [0.1, 0.15) is 11.6 Å². The fourth-order valence-corrected chi connectivity index (χ4v) is 5.64. The molecule has 38 heavy (non-hydrogen) atoms. The molecule has 2 fully saturated rings. The molecule has 0 unspecified atom stereocenters. The Balaban J connectivity index is 1.62. The van der Waals surface area contributed by atoms with Crippen molar-refractivity contribution >= 4 is 40.7 Å². The van der Waals surface area contributed by atoms with Gasteiger partial charge in [-0.1, -0.05) is 60.0 Å². The van der Waals surface area contributed by atoms with E-state index in [9.17, 15) is 14.7 Å². The highest BCUT2D eigenvalue weighted by Crippen LogP contribution is 2.42. The highest BCUT2D eigenvalue weighted by Gasteiger charge is 2.48. The molecular weight excluding hydrogens is 526 g/mol. The molecule has 5 nitrogen and oxygen atoms in total. The van der Waals surface area contributed by atoms with Crippen LogP contribution in [0.2, 0.25) is 10.0 Å². The summed E-state index contributed by atoms with van der Waals surface area (Å²) < 4.78 is 15.2. The van der Waals surface area contributed by atoms with Crippen LogP contribution in [0.1, 0.15) is 48.0 Å². The zero-order valence-corrected chi connectivity index (χ0v) is 22.1. The summed E-state index contributed by atoms with van der Waals surface area (Å²) in [5, 5.41) is 12.3. The van der Waals surface area contributed by atoms with Crippen molar-refractivity contribution in [1.29, 1.82) is 0 Å². The van der Waals surface area contributed by atoms with Crippen LogP contribution in [0.5, 0.6) is 0 Å². The van der Waals surface area contributed by atoms with Gasteiger partial charge in [0.25, 0.3) is 11.7 Å². The molecule has 1 amide bonds. The molecule has 5 rings (SSSR count). The van der Waals surface area contributed by atoms with Crippen LogP contribution in [0, 0.1) is 5.82 Å². The number of rotatable bonds is 6. The summed E-state index contributed by atoms with van der Waals surface area (Å²) in [7, 11) is 0. The maximum absolute atomic E-state index is 15.2. The van der Waals surface area contributed by atoms with E-state index < -0.39 is 23.5 Å². The summed E-state index contributed by atoms with van der Waals surface area (Å²) >= 11 is 12.2. The van der Waals surface area contributed by atoms with Crippen molar-refractivity contribution in [3.05, 3.63) is 111 Å². The number of halogens is 3. The van der Waals surface area contributed by atoms with Crippen molar-refractivity contribution in [2.45, 2.75) is 31.3 Å². The third-order valence-electron chi connectivity index (χ3n) is 7.31. The number of carbonyl (C=O) groups is 2. The fraction of sp³-hybridized carbons (Fsp3) is 0.267. The monoisotopic (exact) mass is 552 g/mol. The maximum Gasteiger partial charge on any atom is 0.295 e. The van der Waals surface area contributed by atoms with Crippen molar-refractivity contribution < 1.29 is 19.1 Å². The summed E-state index contributed by atoms with van der Waals surface area (Å²) in [4.78, 5) is 30.7. The van der Waals surface area contributed by atoms with E-state index in [-0.39, 0.29) is 29.5 Å². The van der Waals surface area contributed by atoms with Gasteiger partial charge in [0.2, 0.25) is 0 Å². The van der Waals surface area contributed by atoms with E-state index in [2.05, 4.69) is 4.90 Å². The number of hydrogen-bond acceptors (Lipinski definition) is 4. The van der Waals surface area contributed by atoms with Gasteiger partial charge in [-0.15, -0.1) is 0 Å². The van der Waals surface area contributed by atoms with E-state index in [1.807, 2.05) is 12.1 Å². The SMILES string of the molecule is O=C1C(=O)N(C[C@H](c2ccc(Cl)cc2)N2CCCCC2)[C@H](c2ccccc2F)C1=C(O)c1ccc(Cl)cc1. The molecule has 8 heteroatoms. The molecule has 0 spiro atoms. The van der Waals surface area contributed by atoms with Crippen molar-refractivity contribution in [1.82, 2.24) is 9.80 Å². The van der Waals surface area contributed by atoms with Gasteiger partial charge in [-0.3, -0.25) is 14.5 Å². The van der Waals surface area contributed by atoms with Crippen molar-refractivity contribution in [3.8, 4) is 0 Å². The molecule has 3 aromatic carbocycles. The zero-order valence-electron chi connectivity index (χ0n) is 20.6. The third-order valence-corrected chi connectivity index (χ3v) is 7.82. The molecule has 0 aromatic heterocycles. The molecule has 0 saturated carbocycles. The minimum atomic E-state index is -1.09. The van der Waals surface area contributed by atoms with Crippen LogP contribution < -0.4 is 0 Å². The molecule has 2 heterocycles. The summed E-state index contributed by atoms with van der Waals surface area (Å²) in [5.41, 5.74) is 1.27. The molecule has 196 valence electrons. The minimum Gasteiger partial charge on any atom is -0.507 e. The van der Waals surface area contributed by atoms with Crippen LogP contribution in [-0.4, -0.2) is 46.2 Å². The first-order valence-electron chi connectivity index (χ1n) is 12.6. The molecule has 2 saturated heterocycles. The van der Waals surface area contributed by atoms with E-state index >= 15 is 4.39 Å². The van der Waals surface area contributed by atoms with Gasteiger partial charge in [0.05, 0.1) is 17.7 Å². The number of aliphatic hydroxyl groups excluding tert-OH is 1. The van der Waals surface area contributed by atoms with Crippen LogP contribution in [0.4, 0.5) is 4.39 Å². The van der Waals surface area contributed by atoms with Gasteiger partial charge < -0.3 is 10.0 Å². The fourth-order valence-electron chi connectivity index (χ4n) is 5.38. The minimum absolute atomic E-state index is 0.141. The smallest absolute Gasteiger partial charge is 0.295 e. The highest BCUT2D eigenvalue weighted by atomic mass is 35.5. The number of amides is 1. The number of piperidine rings is 1. The number of hydrogen-bond donors (Lipinski definition) is 1. The van der Waals surface area contributed by atoms with E-state index in [0.29, 0.717) is 15.6 Å². The quantitative estimate of drug-likeness (QED) is 0.208. The molecular formula is C30H27Cl2FN2O3. The summed E-state index contributed by atoms with van der Waals surface area (Å²) in [5.74, 6) is -2.55. The van der Waals surface area contributed by atoms with E-state index in [1.165, 1.54) is 11.0 Å². The van der Waals surface area contributed by atoms with Crippen LogP contribution in [0.15, 0.2) is 78.4 Å². The second-order valence-corrected chi connectivity index (χ2v) is 10.5. The number of ketones is 1. The van der Waals surface area contributed by atoms with Crippen LogP contribution in [-0.2, 0) is 9.59 Å². The number of aliphatic hydroxyl groups is 1. The topological polar surface area (TPSA) is 60.9 Å². The van der Waals surface area contributed by atoms with Crippen LogP contribution >= 0.6 is 23.2 Å². The lowest BCUT2D eigenvalue weighted by atomic mass is 9.94. The Bertz CT molecular complexity index is 1370. The average Bonchev–Trinajstić information content (AvgIpc) is 3.18. The maximum atomic E-state index is 15.2.